The van der Waals surface area contributed by atoms with Gasteiger partial charge in [-0.05, 0) is 26.7 Å². The summed E-state index contributed by atoms with van der Waals surface area (Å²) >= 11 is 0. The van der Waals surface area contributed by atoms with Crippen molar-refractivity contribution < 1.29 is 9.47 Å². The molecule has 0 N–H and O–H groups in total. The predicted octanol–water partition coefficient (Wildman–Crippen LogP) is 1.59. The molecule has 0 amide bonds. The highest BCUT2D eigenvalue weighted by atomic mass is 16.6. The van der Waals surface area contributed by atoms with E-state index >= 15 is 0 Å². The van der Waals surface area contributed by atoms with Crippen molar-refractivity contribution in [2.45, 2.75) is 45.0 Å². The molecule has 1 rings (SSSR count). The minimum Gasteiger partial charge on any atom is -0.382 e. The van der Waals surface area contributed by atoms with Crippen LogP contribution in [0.1, 0.15) is 26.7 Å². The molecule has 1 saturated heterocycles. The van der Waals surface area contributed by atoms with E-state index in [-0.39, 0.29) is 0 Å². The largest absolute Gasteiger partial charge is 0.382 e. The lowest BCUT2D eigenvalue weighted by Gasteiger charge is -2.06. The van der Waals surface area contributed by atoms with Gasteiger partial charge in [0, 0.05) is 7.11 Å². The minimum absolute atomic E-state index is 0.386. The second kappa shape index (κ2) is 3.35. The van der Waals surface area contributed by atoms with Gasteiger partial charge >= 0.3 is 0 Å². The minimum atomic E-state index is 0.386. The summed E-state index contributed by atoms with van der Waals surface area (Å²) in [5.41, 5.74) is 0. The normalized spacial score (nSPS) is 33.9. The van der Waals surface area contributed by atoms with Crippen molar-refractivity contribution >= 4 is 0 Å². The van der Waals surface area contributed by atoms with Gasteiger partial charge in [0.2, 0.25) is 0 Å². The molecule has 0 saturated carbocycles. The molecule has 1 aliphatic heterocycles. The van der Waals surface area contributed by atoms with Gasteiger partial charge in [-0.2, -0.15) is 0 Å². The fourth-order valence-corrected chi connectivity index (χ4v) is 1.05. The molecule has 0 aromatic heterocycles. The van der Waals surface area contributed by atoms with Crippen LogP contribution in [0.3, 0.4) is 0 Å². The summed E-state index contributed by atoms with van der Waals surface area (Å²) in [5.74, 6) is 0. The molecular formula is C8H16O2. The second-order valence-corrected chi connectivity index (χ2v) is 3.00. The molecule has 10 heavy (non-hydrogen) atoms. The zero-order valence-electron chi connectivity index (χ0n) is 6.96. The van der Waals surface area contributed by atoms with E-state index in [0.29, 0.717) is 18.3 Å². The third kappa shape index (κ3) is 2.27. The summed E-state index contributed by atoms with van der Waals surface area (Å²) < 4.78 is 10.4. The maximum Gasteiger partial charge on any atom is 0.0840 e. The molecule has 3 unspecified atom stereocenters. The van der Waals surface area contributed by atoms with Crippen LogP contribution in [0.15, 0.2) is 0 Å². The number of epoxide rings is 1. The van der Waals surface area contributed by atoms with E-state index in [9.17, 15) is 0 Å². The summed E-state index contributed by atoms with van der Waals surface area (Å²) in [6, 6.07) is 0. The Morgan fingerprint density at radius 1 is 1.60 bits per heavy atom. The van der Waals surface area contributed by atoms with Crippen LogP contribution in [-0.2, 0) is 9.47 Å². The highest BCUT2D eigenvalue weighted by Gasteiger charge is 2.33. The van der Waals surface area contributed by atoms with Gasteiger partial charge in [0.05, 0.1) is 18.3 Å². The summed E-state index contributed by atoms with van der Waals surface area (Å²) in [7, 11) is 1.75. The number of hydrogen-bond donors (Lipinski definition) is 0. The molecule has 0 spiro atoms. The van der Waals surface area contributed by atoms with Crippen molar-refractivity contribution in [1.29, 1.82) is 0 Å². The molecule has 1 heterocycles. The smallest absolute Gasteiger partial charge is 0.0840 e. The standard InChI is InChI=1S/C8H16O2/c1-6(9-3)4-5-8-7(2)10-8/h6-8H,4-5H2,1-3H3. The predicted molar refractivity (Wildman–Crippen MR) is 40.0 cm³/mol. The Morgan fingerprint density at radius 2 is 2.20 bits per heavy atom. The van der Waals surface area contributed by atoms with E-state index in [0.717, 1.165) is 12.8 Å². The molecule has 0 aromatic carbocycles. The Hall–Kier alpha value is -0.0800. The number of rotatable bonds is 4. The molecule has 0 aliphatic carbocycles. The van der Waals surface area contributed by atoms with Gasteiger partial charge in [0.15, 0.2) is 0 Å². The number of methoxy groups -OCH3 is 1. The topological polar surface area (TPSA) is 21.8 Å². The first-order valence-corrected chi connectivity index (χ1v) is 3.92. The lowest BCUT2D eigenvalue weighted by Crippen LogP contribution is -2.06. The lowest BCUT2D eigenvalue weighted by atomic mass is 10.1. The van der Waals surface area contributed by atoms with Gasteiger partial charge in [0.25, 0.3) is 0 Å². The molecule has 1 aliphatic rings. The molecular weight excluding hydrogens is 128 g/mol. The fourth-order valence-electron chi connectivity index (χ4n) is 1.05. The Balaban J connectivity index is 1.95. The van der Waals surface area contributed by atoms with Crippen LogP contribution in [0, 0.1) is 0 Å². The average molecular weight is 144 g/mol. The van der Waals surface area contributed by atoms with Gasteiger partial charge in [0.1, 0.15) is 0 Å². The van der Waals surface area contributed by atoms with Crippen LogP contribution in [0.2, 0.25) is 0 Å². The quantitative estimate of drug-likeness (QED) is 0.559. The maximum atomic E-state index is 5.26. The summed E-state index contributed by atoms with van der Waals surface area (Å²) in [6.07, 6.45) is 3.68. The van der Waals surface area contributed by atoms with Gasteiger partial charge in [-0.25, -0.2) is 0 Å². The number of ether oxygens (including phenoxy) is 2. The molecule has 0 aromatic rings. The fraction of sp³-hybridized carbons (Fsp3) is 1.00. The van der Waals surface area contributed by atoms with Crippen LogP contribution in [0.4, 0.5) is 0 Å². The van der Waals surface area contributed by atoms with Crippen molar-refractivity contribution in [1.82, 2.24) is 0 Å². The SMILES string of the molecule is COC(C)CCC1OC1C. The van der Waals surface area contributed by atoms with E-state index in [1.165, 1.54) is 0 Å². The van der Waals surface area contributed by atoms with Gasteiger partial charge in [-0.3, -0.25) is 0 Å². The molecule has 2 nitrogen and oxygen atoms in total. The lowest BCUT2D eigenvalue weighted by molar-refractivity contribution is 0.107. The first kappa shape index (κ1) is 8.02. The summed E-state index contributed by atoms with van der Waals surface area (Å²) in [6.45, 7) is 4.20. The maximum absolute atomic E-state index is 5.26. The van der Waals surface area contributed by atoms with Crippen LogP contribution in [0.5, 0.6) is 0 Å². The van der Waals surface area contributed by atoms with Gasteiger partial charge in [-0.15, -0.1) is 0 Å². The first-order chi connectivity index (χ1) is 4.74. The zero-order valence-corrected chi connectivity index (χ0v) is 6.96. The van der Waals surface area contributed by atoms with Crippen molar-refractivity contribution in [3.8, 4) is 0 Å². The summed E-state index contributed by atoms with van der Waals surface area (Å²) in [4.78, 5) is 0. The zero-order chi connectivity index (χ0) is 7.56. The van der Waals surface area contributed by atoms with Gasteiger partial charge < -0.3 is 9.47 Å². The molecule has 0 bridgehead atoms. The Bertz CT molecular complexity index is 99.4. The van der Waals surface area contributed by atoms with E-state index in [4.69, 9.17) is 9.47 Å². The third-order valence-corrected chi connectivity index (χ3v) is 2.10. The van der Waals surface area contributed by atoms with E-state index in [2.05, 4.69) is 13.8 Å². The van der Waals surface area contributed by atoms with Crippen molar-refractivity contribution in [2.24, 2.45) is 0 Å². The molecule has 2 heteroatoms. The van der Waals surface area contributed by atoms with Crippen LogP contribution in [0.25, 0.3) is 0 Å². The Labute approximate surface area is 62.5 Å². The number of hydrogen-bond acceptors (Lipinski definition) is 2. The van der Waals surface area contributed by atoms with Crippen LogP contribution < -0.4 is 0 Å². The summed E-state index contributed by atoms with van der Waals surface area (Å²) in [5, 5.41) is 0. The van der Waals surface area contributed by atoms with Crippen LogP contribution in [-0.4, -0.2) is 25.4 Å². The van der Waals surface area contributed by atoms with E-state index in [1.807, 2.05) is 0 Å². The average Bonchev–Trinajstić information content (AvgIpc) is 2.61. The van der Waals surface area contributed by atoms with Crippen molar-refractivity contribution in [2.75, 3.05) is 7.11 Å². The first-order valence-electron chi connectivity index (χ1n) is 3.92. The molecule has 3 atom stereocenters. The van der Waals surface area contributed by atoms with E-state index in [1.54, 1.807) is 7.11 Å². The second-order valence-electron chi connectivity index (χ2n) is 3.00. The van der Waals surface area contributed by atoms with Crippen molar-refractivity contribution in [3.05, 3.63) is 0 Å². The van der Waals surface area contributed by atoms with Crippen LogP contribution >= 0.6 is 0 Å². The van der Waals surface area contributed by atoms with Gasteiger partial charge in [-0.1, -0.05) is 0 Å². The third-order valence-electron chi connectivity index (χ3n) is 2.10. The monoisotopic (exact) mass is 144 g/mol. The molecule has 1 fully saturated rings. The Kier molecular flexibility index (Phi) is 2.69. The Morgan fingerprint density at radius 3 is 2.60 bits per heavy atom. The molecule has 0 radical (unpaired) electrons. The highest BCUT2D eigenvalue weighted by molar-refractivity contribution is 4.80. The highest BCUT2D eigenvalue weighted by Crippen LogP contribution is 2.26. The molecule has 60 valence electrons. The van der Waals surface area contributed by atoms with E-state index < -0.39 is 0 Å². The van der Waals surface area contributed by atoms with Crippen molar-refractivity contribution in [3.63, 3.8) is 0 Å².